The van der Waals surface area contributed by atoms with Gasteiger partial charge in [0.05, 0.1) is 24.0 Å². The van der Waals surface area contributed by atoms with Gasteiger partial charge in [0.25, 0.3) is 0 Å². The molecular weight excluding hydrogens is 334 g/mol. The van der Waals surface area contributed by atoms with Crippen LogP contribution in [0.3, 0.4) is 0 Å². The summed E-state index contributed by atoms with van der Waals surface area (Å²) in [7, 11) is 1.70. The van der Waals surface area contributed by atoms with E-state index in [4.69, 9.17) is 4.74 Å². The SMILES string of the molecule is COc1ccccc1N1CCN(C(=O)C2CCc3ncsc3C2)CC1. The van der Waals surface area contributed by atoms with Crippen molar-refractivity contribution in [2.45, 2.75) is 19.3 Å². The summed E-state index contributed by atoms with van der Waals surface area (Å²) in [5.74, 6) is 1.34. The van der Waals surface area contributed by atoms with Gasteiger partial charge in [-0.15, -0.1) is 11.3 Å². The molecule has 25 heavy (non-hydrogen) atoms. The highest BCUT2D eigenvalue weighted by Crippen LogP contribution is 2.31. The second kappa shape index (κ2) is 7.04. The third-order valence-corrected chi connectivity index (χ3v) is 6.15. The number of hydrogen-bond acceptors (Lipinski definition) is 5. The van der Waals surface area contributed by atoms with Crippen molar-refractivity contribution in [3.63, 3.8) is 0 Å². The number of thiazole rings is 1. The first kappa shape index (κ1) is 16.4. The summed E-state index contributed by atoms with van der Waals surface area (Å²) in [6.45, 7) is 3.27. The number of methoxy groups -OCH3 is 1. The molecule has 1 aromatic heterocycles. The zero-order chi connectivity index (χ0) is 17.2. The highest BCUT2D eigenvalue weighted by atomic mass is 32.1. The molecule has 0 bridgehead atoms. The number of benzene rings is 1. The Bertz CT molecular complexity index is 753. The lowest BCUT2D eigenvalue weighted by atomic mass is 9.90. The summed E-state index contributed by atoms with van der Waals surface area (Å²) in [6.07, 6.45) is 2.74. The first-order valence-corrected chi connectivity index (χ1v) is 9.72. The Morgan fingerprint density at radius 3 is 2.84 bits per heavy atom. The van der Waals surface area contributed by atoms with Crippen LogP contribution in [0.25, 0.3) is 0 Å². The lowest BCUT2D eigenvalue weighted by Crippen LogP contribution is -2.51. The number of rotatable bonds is 3. The number of nitrogens with zero attached hydrogens (tertiary/aromatic N) is 3. The molecule has 1 aliphatic carbocycles. The van der Waals surface area contributed by atoms with E-state index < -0.39 is 0 Å². The minimum absolute atomic E-state index is 0.130. The van der Waals surface area contributed by atoms with E-state index in [1.807, 2.05) is 28.6 Å². The maximum Gasteiger partial charge on any atom is 0.226 e. The molecular formula is C19H23N3O2S. The van der Waals surface area contributed by atoms with Crippen molar-refractivity contribution in [1.82, 2.24) is 9.88 Å². The van der Waals surface area contributed by atoms with E-state index in [1.165, 1.54) is 10.6 Å². The summed E-state index contributed by atoms with van der Waals surface area (Å²) in [6, 6.07) is 8.09. The fraction of sp³-hybridized carbons (Fsp3) is 0.474. The number of hydrogen-bond donors (Lipinski definition) is 0. The van der Waals surface area contributed by atoms with Crippen molar-refractivity contribution in [3.8, 4) is 5.75 Å². The van der Waals surface area contributed by atoms with Gasteiger partial charge in [-0.3, -0.25) is 4.79 Å². The number of piperazine rings is 1. The molecule has 4 rings (SSSR count). The van der Waals surface area contributed by atoms with Crippen LogP contribution in [0.4, 0.5) is 5.69 Å². The van der Waals surface area contributed by atoms with Crippen LogP contribution in [0.15, 0.2) is 29.8 Å². The van der Waals surface area contributed by atoms with Crippen LogP contribution in [-0.4, -0.2) is 49.1 Å². The molecule has 1 unspecified atom stereocenters. The van der Waals surface area contributed by atoms with Gasteiger partial charge in [0, 0.05) is 37.0 Å². The molecule has 0 N–H and O–H groups in total. The molecule has 1 amide bonds. The van der Waals surface area contributed by atoms with Crippen molar-refractivity contribution in [2.75, 3.05) is 38.2 Å². The first-order chi connectivity index (χ1) is 12.3. The molecule has 1 atom stereocenters. The van der Waals surface area contributed by atoms with Crippen molar-refractivity contribution >= 4 is 22.9 Å². The van der Waals surface area contributed by atoms with Gasteiger partial charge in [-0.25, -0.2) is 4.98 Å². The number of carbonyl (C=O) groups excluding carboxylic acids is 1. The summed E-state index contributed by atoms with van der Waals surface area (Å²) in [4.78, 5) is 23.0. The van der Waals surface area contributed by atoms with Crippen molar-refractivity contribution in [3.05, 3.63) is 40.3 Å². The Hall–Kier alpha value is -2.08. The smallest absolute Gasteiger partial charge is 0.226 e. The van der Waals surface area contributed by atoms with Crippen LogP contribution in [0.2, 0.25) is 0 Å². The van der Waals surface area contributed by atoms with Gasteiger partial charge in [-0.2, -0.15) is 0 Å². The minimum Gasteiger partial charge on any atom is -0.495 e. The molecule has 2 aromatic rings. The molecule has 0 radical (unpaired) electrons. The van der Waals surface area contributed by atoms with E-state index in [9.17, 15) is 4.79 Å². The monoisotopic (exact) mass is 357 g/mol. The number of aromatic nitrogens is 1. The van der Waals surface area contributed by atoms with E-state index >= 15 is 0 Å². The van der Waals surface area contributed by atoms with E-state index in [0.29, 0.717) is 5.91 Å². The number of carbonyl (C=O) groups is 1. The average Bonchev–Trinajstić information content (AvgIpc) is 3.15. The molecule has 5 nitrogen and oxygen atoms in total. The summed E-state index contributed by atoms with van der Waals surface area (Å²) in [5.41, 5.74) is 4.22. The van der Waals surface area contributed by atoms with Gasteiger partial charge in [0.15, 0.2) is 0 Å². The van der Waals surface area contributed by atoms with E-state index in [0.717, 1.165) is 56.9 Å². The average molecular weight is 357 g/mol. The molecule has 0 spiro atoms. The Kier molecular flexibility index (Phi) is 4.61. The molecule has 6 heteroatoms. The molecule has 0 saturated carbocycles. The first-order valence-electron chi connectivity index (χ1n) is 8.84. The number of fused-ring (bicyclic) bond motifs is 1. The zero-order valence-corrected chi connectivity index (χ0v) is 15.3. The van der Waals surface area contributed by atoms with E-state index in [2.05, 4.69) is 16.0 Å². The Labute approximate surface area is 152 Å². The lowest BCUT2D eigenvalue weighted by molar-refractivity contribution is -0.136. The number of ether oxygens (including phenoxy) is 1. The van der Waals surface area contributed by atoms with Gasteiger partial charge >= 0.3 is 0 Å². The molecule has 1 aromatic carbocycles. The maximum atomic E-state index is 12.9. The second-order valence-electron chi connectivity index (χ2n) is 6.65. The second-order valence-corrected chi connectivity index (χ2v) is 7.59. The molecule has 1 saturated heterocycles. The van der Waals surface area contributed by atoms with Crippen LogP contribution in [0.5, 0.6) is 5.75 Å². The van der Waals surface area contributed by atoms with Crippen LogP contribution in [0, 0.1) is 5.92 Å². The number of aryl methyl sites for hydroxylation is 1. The Morgan fingerprint density at radius 2 is 2.04 bits per heavy atom. The zero-order valence-electron chi connectivity index (χ0n) is 14.5. The van der Waals surface area contributed by atoms with Crippen LogP contribution in [-0.2, 0) is 17.6 Å². The van der Waals surface area contributed by atoms with Crippen molar-refractivity contribution in [2.24, 2.45) is 5.92 Å². The third-order valence-electron chi connectivity index (χ3n) is 5.25. The fourth-order valence-corrected chi connectivity index (χ4v) is 4.72. The van der Waals surface area contributed by atoms with Crippen molar-refractivity contribution < 1.29 is 9.53 Å². The predicted molar refractivity (Wildman–Crippen MR) is 99.4 cm³/mol. The highest BCUT2D eigenvalue weighted by molar-refractivity contribution is 7.09. The van der Waals surface area contributed by atoms with Crippen molar-refractivity contribution in [1.29, 1.82) is 0 Å². The fourth-order valence-electron chi connectivity index (χ4n) is 3.83. The van der Waals surface area contributed by atoms with Gasteiger partial charge in [-0.1, -0.05) is 12.1 Å². The predicted octanol–water partition coefficient (Wildman–Crippen LogP) is 2.61. The Morgan fingerprint density at radius 1 is 1.24 bits per heavy atom. The normalized spacial score (nSPS) is 20.3. The topological polar surface area (TPSA) is 45.7 Å². The molecule has 132 valence electrons. The molecule has 1 aliphatic heterocycles. The minimum atomic E-state index is 0.130. The number of anilines is 1. The van der Waals surface area contributed by atoms with Crippen LogP contribution >= 0.6 is 11.3 Å². The van der Waals surface area contributed by atoms with Gasteiger partial charge in [0.1, 0.15) is 5.75 Å². The summed E-state index contributed by atoms with van der Waals surface area (Å²) < 4.78 is 5.47. The van der Waals surface area contributed by atoms with Crippen LogP contribution < -0.4 is 9.64 Å². The number of amides is 1. The Balaban J connectivity index is 1.38. The molecule has 2 heterocycles. The van der Waals surface area contributed by atoms with Gasteiger partial charge in [0.2, 0.25) is 5.91 Å². The quantitative estimate of drug-likeness (QED) is 0.847. The summed E-state index contributed by atoms with van der Waals surface area (Å²) in [5, 5.41) is 0. The summed E-state index contributed by atoms with van der Waals surface area (Å²) >= 11 is 1.69. The lowest BCUT2D eigenvalue weighted by Gasteiger charge is -2.38. The standard InChI is InChI=1S/C19H23N3O2S/c1-24-17-5-3-2-4-16(17)21-8-10-22(11-9-21)19(23)14-6-7-15-18(12-14)25-13-20-15/h2-5,13-14H,6-12H2,1H3. The third kappa shape index (κ3) is 3.23. The molecule has 1 fully saturated rings. The largest absolute Gasteiger partial charge is 0.495 e. The maximum absolute atomic E-state index is 12.9. The van der Waals surface area contributed by atoms with E-state index in [1.54, 1.807) is 18.4 Å². The highest BCUT2D eigenvalue weighted by Gasteiger charge is 2.31. The van der Waals surface area contributed by atoms with Crippen LogP contribution in [0.1, 0.15) is 17.0 Å². The van der Waals surface area contributed by atoms with Gasteiger partial charge < -0.3 is 14.5 Å². The molecule has 2 aliphatic rings. The van der Waals surface area contributed by atoms with Gasteiger partial charge in [-0.05, 0) is 31.4 Å². The number of para-hydroxylation sites is 2. The van der Waals surface area contributed by atoms with E-state index in [-0.39, 0.29) is 5.92 Å².